The lowest BCUT2D eigenvalue weighted by Gasteiger charge is -2.36. The maximum absolute atomic E-state index is 11.7. The third-order valence-electron chi connectivity index (χ3n) is 2.92. The summed E-state index contributed by atoms with van der Waals surface area (Å²) in [6.45, 7) is -0.0845. The molecule has 7 heteroatoms. The van der Waals surface area contributed by atoms with E-state index in [1.165, 1.54) is 7.11 Å². The molecular formula is C13H17NO6. The van der Waals surface area contributed by atoms with Gasteiger partial charge in [0.1, 0.15) is 12.2 Å². The number of nitrogens with one attached hydrogen (secondary N) is 1. The first-order chi connectivity index (χ1) is 9.61. The molecule has 1 aromatic carbocycles. The minimum atomic E-state index is -1.26. The Labute approximate surface area is 116 Å². The number of methoxy groups -OCH3 is 1. The summed E-state index contributed by atoms with van der Waals surface area (Å²) in [4.78, 5) is 11.7. The Balaban J connectivity index is 1.95. The van der Waals surface area contributed by atoms with Gasteiger partial charge in [0.05, 0.1) is 6.61 Å². The summed E-state index contributed by atoms with van der Waals surface area (Å²) in [6.07, 6.45) is -5.19. The molecule has 0 aliphatic carbocycles. The summed E-state index contributed by atoms with van der Waals surface area (Å²) in [7, 11) is 1.35. The van der Waals surface area contributed by atoms with Gasteiger partial charge in [-0.2, -0.15) is 0 Å². The zero-order valence-corrected chi connectivity index (χ0v) is 10.9. The first-order valence-electron chi connectivity index (χ1n) is 6.15. The first-order valence-corrected chi connectivity index (χ1v) is 6.15. The van der Waals surface area contributed by atoms with Gasteiger partial charge in [0.25, 0.3) is 0 Å². The largest absolute Gasteiger partial charge is 0.440 e. The van der Waals surface area contributed by atoms with Crippen LogP contribution in [0.25, 0.3) is 0 Å². The Bertz CT molecular complexity index is 440. The Morgan fingerprint density at radius 1 is 1.35 bits per heavy atom. The number of aliphatic hydroxyl groups excluding tert-OH is 2. The summed E-state index contributed by atoms with van der Waals surface area (Å²) >= 11 is 0. The fraction of sp³-hybridized carbons (Fsp3) is 0.462. The second-order valence-electron chi connectivity index (χ2n) is 4.36. The molecule has 1 aromatic rings. The Morgan fingerprint density at radius 2 is 2.05 bits per heavy atom. The van der Waals surface area contributed by atoms with E-state index in [9.17, 15) is 15.0 Å². The predicted octanol–water partition coefficient (Wildman–Crippen LogP) is 0.328. The van der Waals surface area contributed by atoms with Gasteiger partial charge in [0, 0.05) is 12.8 Å². The fourth-order valence-corrected chi connectivity index (χ4v) is 1.92. The fourth-order valence-electron chi connectivity index (χ4n) is 1.92. The number of carbonyl (C=O) groups excluding carboxylic acids is 1. The van der Waals surface area contributed by atoms with E-state index in [2.05, 4.69) is 5.32 Å². The second-order valence-corrected chi connectivity index (χ2v) is 4.36. The highest BCUT2D eigenvalue weighted by molar-refractivity contribution is 5.84. The number of rotatable bonds is 3. The van der Waals surface area contributed by atoms with Crippen molar-refractivity contribution in [2.75, 3.05) is 19.0 Å². The molecule has 1 aliphatic rings. The number of anilines is 1. The van der Waals surface area contributed by atoms with Crippen LogP contribution in [0, 0.1) is 0 Å². The van der Waals surface area contributed by atoms with E-state index in [1.807, 2.05) is 6.07 Å². The molecule has 1 amide bonds. The molecule has 0 aromatic heterocycles. The number of carbonyl (C=O) groups is 1. The van der Waals surface area contributed by atoms with Crippen LogP contribution in [0.3, 0.4) is 0 Å². The molecule has 0 bridgehead atoms. The van der Waals surface area contributed by atoms with Crippen molar-refractivity contribution in [2.24, 2.45) is 0 Å². The van der Waals surface area contributed by atoms with Gasteiger partial charge >= 0.3 is 6.09 Å². The maximum atomic E-state index is 11.7. The molecule has 2 rings (SSSR count). The molecule has 1 fully saturated rings. The number of amides is 1. The number of aliphatic hydroxyl groups is 2. The van der Waals surface area contributed by atoms with Crippen LogP contribution in [-0.4, -0.2) is 54.6 Å². The molecule has 20 heavy (non-hydrogen) atoms. The highest BCUT2D eigenvalue weighted by Crippen LogP contribution is 2.19. The Morgan fingerprint density at radius 3 is 2.70 bits per heavy atom. The SMILES string of the molecule is CO[C@@H]1OC[C@@H](O)[C@H](OC(=O)Nc2ccccc2)[C@H]1O. The van der Waals surface area contributed by atoms with E-state index in [-0.39, 0.29) is 6.61 Å². The molecule has 0 unspecified atom stereocenters. The summed E-state index contributed by atoms with van der Waals surface area (Å²) in [5.74, 6) is 0. The normalized spacial score (nSPS) is 29.8. The van der Waals surface area contributed by atoms with Crippen molar-refractivity contribution in [1.82, 2.24) is 0 Å². The summed E-state index contributed by atoms with van der Waals surface area (Å²) in [6, 6.07) is 8.71. The number of hydrogen-bond acceptors (Lipinski definition) is 6. The van der Waals surface area contributed by atoms with Crippen molar-refractivity contribution in [2.45, 2.75) is 24.6 Å². The van der Waals surface area contributed by atoms with Crippen molar-refractivity contribution in [3.8, 4) is 0 Å². The topological polar surface area (TPSA) is 97.3 Å². The molecule has 0 spiro atoms. The van der Waals surface area contributed by atoms with Crippen LogP contribution in [0.1, 0.15) is 0 Å². The third kappa shape index (κ3) is 3.45. The van der Waals surface area contributed by atoms with E-state index in [0.717, 1.165) is 0 Å². The average molecular weight is 283 g/mol. The molecule has 1 aliphatic heterocycles. The minimum absolute atomic E-state index is 0.0845. The quantitative estimate of drug-likeness (QED) is 0.739. The van der Waals surface area contributed by atoms with Gasteiger partial charge in [-0.05, 0) is 12.1 Å². The molecular weight excluding hydrogens is 266 g/mol. The van der Waals surface area contributed by atoms with Crippen LogP contribution in [-0.2, 0) is 14.2 Å². The smallest absolute Gasteiger partial charge is 0.412 e. The van der Waals surface area contributed by atoms with Gasteiger partial charge < -0.3 is 24.4 Å². The van der Waals surface area contributed by atoms with Crippen LogP contribution in [0.2, 0.25) is 0 Å². The first kappa shape index (κ1) is 14.7. The van der Waals surface area contributed by atoms with Crippen LogP contribution in [0.15, 0.2) is 30.3 Å². The van der Waals surface area contributed by atoms with Crippen LogP contribution < -0.4 is 5.32 Å². The lowest BCUT2D eigenvalue weighted by atomic mass is 10.1. The van der Waals surface area contributed by atoms with E-state index in [1.54, 1.807) is 24.3 Å². The zero-order valence-electron chi connectivity index (χ0n) is 10.9. The van der Waals surface area contributed by atoms with Gasteiger partial charge in [-0.15, -0.1) is 0 Å². The summed E-state index contributed by atoms with van der Waals surface area (Å²) in [5.41, 5.74) is 0.553. The summed E-state index contributed by atoms with van der Waals surface area (Å²) in [5, 5.41) is 22.1. The summed E-state index contributed by atoms with van der Waals surface area (Å²) < 4.78 is 15.0. The molecule has 1 heterocycles. The number of benzene rings is 1. The predicted molar refractivity (Wildman–Crippen MR) is 69.1 cm³/mol. The highest BCUT2D eigenvalue weighted by atomic mass is 16.7. The van der Waals surface area contributed by atoms with E-state index in [4.69, 9.17) is 14.2 Å². The molecule has 7 nitrogen and oxygen atoms in total. The third-order valence-corrected chi connectivity index (χ3v) is 2.92. The number of hydrogen-bond donors (Lipinski definition) is 3. The van der Waals surface area contributed by atoms with Crippen molar-refractivity contribution in [3.63, 3.8) is 0 Å². The molecule has 0 radical (unpaired) electrons. The standard InChI is InChI=1S/C13H17NO6/c1-18-12-10(16)11(9(15)7-19-12)20-13(17)14-8-5-3-2-4-6-8/h2-6,9-12,15-16H,7H2,1H3,(H,14,17)/t9-,10-,11+,12-/m1/s1. The van der Waals surface area contributed by atoms with Gasteiger partial charge in [-0.25, -0.2) is 4.79 Å². The molecule has 0 saturated carbocycles. The van der Waals surface area contributed by atoms with Crippen molar-refractivity contribution in [3.05, 3.63) is 30.3 Å². The lowest BCUT2D eigenvalue weighted by Crippen LogP contribution is -2.55. The van der Waals surface area contributed by atoms with Gasteiger partial charge in [0.15, 0.2) is 12.4 Å². The van der Waals surface area contributed by atoms with E-state index in [0.29, 0.717) is 5.69 Å². The lowest BCUT2D eigenvalue weighted by molar-refractivity contribution is -0.260. The van der Waals surface area contributed by atoms with Crippen molar-refractivity contribution >= 4 is 11.8 Å². The number of para-hydroxylation sites is 1. The van der Waals surface area contributed by atoms with Crippen molar-refractivity contribution in [1.29, 1.82) is 0 Å². The monoisotopic (exact) mass is 283 g/mol. The Hall–Kier alpha value is -1.67. The van der Waals surface area contributed by atoms with Gasteiger partial charge in [-0.1, -0.05) is 18.2 Å². The van der Waals surface area contributed by atoms with Gasteiger partial charge in [0.2, 0.25) is 0 Å². The molecule has 1 saturated heterocycles. The van der Waals surface area contributed by atoms with E-state index >= 15 is 0 Å². The van der Waals surface area contributed by atoms with Crippen LogP contribution in [0.5, 0.6) is 0 Å². The van der Waals surface area contributed by atoms with Crippen LogP contribution in [0.4, 0.5) is 10.5 Å². The average Bonchev–Trinajstić information content (AvgIpc) is 2.45. The van der Waals surface area contributed by atoms with Crippen LogP contribution >= 0.6 is 0 Å². The van der Waals surface area contributed by atoms with Gasteiger partial charge in [-0.3, -0.25) is 5.32 Å². The molecule has 3 N–H and O–H groups in total. The Kier molecular flexibility index (Phi) is 4.91. The minimum Gasteiger partial charge on any atom is -0.440 e. The van der Waals surface area contributed by atoms with Crippen molar-refractivity contribution < 1.29 is 29.2 Å². The molecule has 4 atom stereocenters. The highest BCUT2D eigenvalue weighted by Gasteiger charge is 2.41. The molecule has 110 valence electrons. The maximum Gasteiger partial charge on any atom is 0.412 e. The number of ether oxygens (including phenoxy) is 3. The zero-order chi connectivity index (χ0) is 14.5. The van der Waals surface area contributed by atoms with E-state index < -0.39 is 30.7 Å². The second kappa shape index (κ2) is 6.67.